The second kappa shape index (κ2) is 6.75. The molecule has 21 heavy (non-hydrogen) atoms. The summed E-state index contributed by atoms with van der Waals surface area (Å²) < 4.78 is 37.1. The number of halogens is 3. The van der Waals surface area contributed by atoms with Crippen LogP contribution in [0.4, 0.5) is 18.9 Å². The SMILES string of the molecule is Cc1ccc(C(C)Nc2ccccc2SCC(F)(F)F)s1. The normalized spacial score (nSPS) is 13.2. The van der Waals surface area contributed by atoms with Crippen LogP contribution in [0.25, 0.3) is 0 Å². The van der Waals surface area contributed by atoms with E-state index in [1.807, 2.05) is 38.1 Å². The fourth-order valence-corrected chi connectivity index (χ4v) is 3.52. The quantitative estimate of drug-likeness (QED) is 0.686. The number of hydrogen-bond acceptors (Lipinski definition) is 3. The van der Waals surface area contributed by atoms with Crippen molar-refractivity contribution in [1.82, 2.24) is 0 Å². The van der Waals surface area contributed by atoms with Crippen LogP contribution in [-0.4, -0.2) is 11.9 Å². The number of benzene rings is 1. The smallest absolute Gasteiger partial charge is 0.377 e. The predicted molar refractivity (Wildman–Crippen MR) is 84.3 cm³/mol. The molecule has 1 atom stereocenters. The maximum Gasteiger partial charge on any atom is 0.398 e. The van der Waals surface area contributed by atoms with Crippen LogP contribution in [0.5, 0.6) is 0 Å². The average molecular weight is 331 g/mol. The summed E-state index contributed by atoms with van der Waals surface area (Å²) in [6, 6.07) is 11.3. The van der Waals surface area contributed by atoms with Crippen molar-refractivity contribution >= 4 is 28.8 Å². The minimum absolute atomic E-state index is 0.0661. The fraction of sp³-hybridized carbons (Fsp3) is 0.333. The summed E-state index contributed by atoms with van der Waals surface area (Å²) in [5, 5.41) is 3.30. The van der Waals surface area contributed by atoms with Crippen LogP contribution in [0.15, 0.2) is 41.3 Å². The van der Waals surface area contributed by atoms with E-state index in [9.17, 15) is 13.2 Å². The Morgan fingerprint density at radius 3 is 2.52 bits per heavy atom. The van der Waals surface area contributed by atoms with Gasteiger partial charge in [-0.15, -0.1) is 23.1 Å². The Kier molecular flexibility index (Phi) is 5.22. The van der Waals surface area contributed by atoms with Gasteiger partial charge < -0.3 is 5.32 Å². The molecule has 1 heterocycles. The maximum atomic E-state index is 12.4. The van der Waals surface area contributed by atoms with Gasteiger partial charge in [-0.1, -0.05) is 12.1 Å². The maximum absolute atomic E-state index is 12.4. The molecule has 0 saturated carbocycles. The van der Waals surface area contributed by atoms with Crippen molar-refractivity contribution in [3.8, 4) is 0 Å². The van der Waals surface area contributed by atoms with Gasteiger partial charge in [0.1, 0.15) is 0 Å². The molecule has 2 rings (SSSR count). The van der Waals surface area contributed by atoms with E-state index in [4.69, 9.17) is 0 Å². The standard InChI is InChI=1S/C15H16F3NS2/c1-10-7-8-13(21-10)11(2)19-12-5-3-4-6-14(12)20-9-15(16,17)18/h3-8,11,19H,9H2,1-2H3. The molecule has 0 aliphatic carbocycles. The molecular formula is C15H16F3NS2. The number of aryl methyl sites for hydroxylation is 1. The molecule has 0 amide bonds. The first-order valence-corrected chi connectivity index (χ1v) is 8.27. The van der Waals surface area contributed by atoms with Gasteiger partial charge in [0.2, 0.25) is 0 Å². The summed E-state index contributed by atoms with van der Waals surface area (Å²) in [4.78, 5) is 3.01. The Morgan fingerprint density at radius 2 is 1.90 bits per heavy atom. The monoisotopic (exact) mass is 331 g/mol. The summed E-state index contributed by atoms with van der Waals surface area (Å²) in [5.74, 6) is -0.877. The summed E-state index contributed by atoms with van der Waals surface area (Å²) >= 11 is 2.50. The largest absolute Gasteiger partial charge is 0.398 e. The van der Waals surface area contributed by atoms with E-state index in [0.29, 0.717) is 4.90 Å². The minimum atomic E-state index is -4.16. The molecule has 0 bridgehead atoms. The van der Waals surface area contributed by atoms with E-state index in [-0.39, 0.29) is 6.04 Å². The average Bonchev–Trinajstić information content (AvgIpc) is 2.83. The summed E-state index contributed by atoms with van der Waals surface area (Å²) in [6.07, 6.45) is -4.16. The molecular weight excluding hydrogens is 315 g/mol. The van der Waals surface area contributed by atoms with E-state index in [0.717, 1.165) is 17.4 Å². The topological polar surface area (TPSA) is 12.0 Å². The zero-order valence-corrected chi connectivity index (χ0v) is 13.3. The summed E-state index contributed by atoms with van der Waals surface area (Å²) in [6.45, 7) is 4.05. The zero-order valence-electron chi connectivity index (χ0n) is 11.7. The number of thiophene rings is 1. The number of hydrogen-bond donors (Lipinski definition) is 1. The molecule has 0 saturated heterocycles. The van der Waals surface area contributed by atoms with E-state index < -0.39 is 11.9 Å². The number of rotatable bonds is 5. The molecule has 0 radical (unpaired) electrons. The van der Waals surface area contributed by atoms with Crippen LogP contribution in [0, 0.1) is 6.92 Å². The zero-order chi connectivity index (χ0) is 15.5. The van der Waals surface area contributed by atoms with Crippen LogP contribution in [0.1, 0.15) is 22.7 Å². The molecule has 1 aromatic carbocycles. The van der Waals surface area contributed by atoms with E-state index >= 15 is 0 Å². The van der Waals surface area contributed by atoms with Gasteiger partial charge in [0, 0.05) is 20.3 Å². The van der Waals surface area contributed by atoms with Crippen LogP contribution >= 0.6 is 23.1 Å². The Balaban J connectivity index is 2.09. The van der Waals surface area contributed by atoms with Crippen LogP contribution < -0.4 is 5.32 Å². The molecule has 0 fully saturated rings. The van der Waals surface area contributed by atoms with Crippen molar-refractivity contribution in [2.75, 3.05) is 11.1 Å². The number of alkyl halides is 3. The van der Waals surface area contributed by atoms with Crippen LogP contribution in [-0.2, 0) is 0 Å². The lowest BCUT2D eigenvalue weighted by atomic mass is 10.2. The second-order valence-electron chi connectivity index (χ2n) is 4.71. The number of para-hydroxylation sites is 1. The van der Waals surface area contributed by atoms with Gasteiger partial charge in [0.05, 0.1) is 11.8 Å². The van der Waals surface area contributed by atoms with Gasteiger partial charge in [-0.3, -0.25) is 0 Å². The molecule has 2 aromatic rings. The first kappa shape index (κ1) is 16.2. The number of anilines is 1. The highest BCUT2D eigenvalue weighted by Crippen LogP contribution is 2.34. The lowest BCUT2D eigenvalue weighted by Gasteiger charge is -2.17. The van der Waals surface area contributed by atoms with Gasteiger partial charge in [-0.05, 0) is 38.1 Å². The highest BCUT2D eigenvalue weighted by molar-refractivity contribution is 7.99. The molecule has 1 N–H and O–H groups in total. The van der Waals surface area contributed by atoms with Crippen molar-refractivity contribution in [2.24, 2.45) is 0 Å². The molecule has 1 aromatic heterocycles. The molecule has 6 heteroatoms. The molecule has 114 valence electrons. The Labute approximate surface area is 130 Å². The van der Waals surface area contributed by atoms with Crippen molar-refractivity contribution in [1.29, 1.82) is 0 Å². The van der Waals surface area contributed by atoms with Gasteiger partial charge in [0.15, 0.2) is 0 Å². The van der Waals surface area contributed by atoms with Gasteiger partial charge >= 0.3 is 6.18 Å². The molecule has 1 unspecified atom stereocenters. The Morgan fingerprint density at radius 1 is 1.19 bits per heavy atom. The van der Waals surface area contributed by atoms with E-state index in [1.54, 1.807) is 23.5 Å². The lowest BCUT2D eigenvalue weighted by molar-refractivity contribution is -0.105. The summed E-state index contributed by atoms with van der Waals surface area (Å²) in [7, 11) is 0. The van der Waals surface area contributed by atoms with Crippen molar-refractivity contribution in [2.45, 2.75) is 31.0 Å². The minimum Gasteiger partial charge on any atom is -0.377 e. The highest BCUT2D eigenvalue weighted by Gasteiger charge is 2.27. The predicted octanol–water partition coefficient (Wildman–Crippen LogP) is 5.88. The van der Waals surface area contributed by atoms with Gasteiger partial charge in [-0.25, -0.2) is 0 Å². The molecule has 0 spiro atoms. The first-order chi connectivity index (χ1) is 9.85. The number of thioether (sulfide) groups is 1. The van der Waals surface area contributed by atoms with Crippen molar-refractivity contribution in [3.63, 3.8) is 0 Å². The van der Waals surface area contributed by atoms with Crippen molar-refractivity contribution < 1.29 is 13.2 Å². The number of nitrogens with one attached hydrogen (secondary N) is 1. The fourth-order valence-electron chi connectivity index (χ4n) is 1.86. The van der Waals surface area contributed by atoms with Crippen molar-refractivity contribution in [3.05, 3.63) is 46.2 Å². The molecule has 1 nitrogen and oxygen atoms in total. The van der Waals surface area contributed by atoms with E-state index in [2.05, 4.69) is 5.32 Å². The van der Waals surface area contributed by atoms with E-state index in [1.165, 1.54) is 9.75 Å². The summed E-state index contributed by atoms with van der Waals surface area (Å²) in [5.41, 5.74) is 0.741. The Bertz CT molecular complexity index is 593. The van der Waals surface area contributed by atoms with Gasteiger partial charge in [-0.2, -0.15) is 13.2 Å². The van der Waals surface area contributed by atoms with Crippen LogP contribution in [0.3, 0.4) is 0 Å². The third-order valence-electron chi connectivity index (χ3n) is 2.84. The molecule has 0 aliphatic heterocycles. The first-order valence-electron chi connectivity index (χ1n) is 6.46. The third-order valence-corrected chi connectivity index (χ3v) is 5.16. The highest BCUT2D eigenvalue weighted by atomic mass is 32.2. The lowest BCUT2D eigenvalue weighted by Crippen LogP contribution is -2.11. The third kappa shape index (κ3) is 4.97. The Hall–Kier alpha value is -1.14. The van der Waals surface area contributed by atoms with Gasteiger partial charge in [0.25, 0.3) is 0 Å². The van der Waals surface area contributed by atoms with Crippen LogP contribution in [0.2, 0.25) is 0 Å². The second-order valence-corrected chi connectivity index (χ2v) is 7.05. The molecule has 0 aliphatic rings.